The lowest BCUT2D eigenvalue weighted by Gasteiger charge is -2.21. The Hall–Kier alpha value is -1.49. The number of carbonyl (C=O) groups is 1. The third-order valence-electron chi connectivity index (χ3n) is 4.09. The molecule has 0 bridgehead atoms. The maximum Gasteiger partial charge on any atom is 0.233 e. The number of fused-ring (bicyclic) bond motifs is 1. The topological polar surface area (TPSA) is 38.1 Å². The van der Waals surface area contributed by atoms with Crippen LogP contribution in [0.4, 0.5) is 0 Å². The second-order valence-corrected chi connectivity index (χ2v) is 6.96. The SMILES string of the molecule is CCCN(CC1CC1)C(=O)CSc1nc2ccccc2n1C. The summed E-state index contributed by atoms with van der Waals surface area (Å²) in [6, 6.07) is 8.08. The molecule has 1 aromatic carbocycles. The van der Waals surface area contributed by atoms with Crippen molar-refractivity contribution in [3.05, 3.63) is 24.3 Å². The Bertz CT molecular complexity index is 663. The molecule has 22 heavy (non-hydrogen) atoms. The van der Waals surface area contributed by atoms with Gasteiger partial charge in [-0.15, -0.1) is 0 Å². The van der Waals surface area contributed by atoms with Crippen LogP contribution in [0.3, 0.4) is 0 Å². The zero-order chi connectivity index (χ0) is 15.5. The van der Waals surface area contributed by atoms with E-state index in [1.165, 1.54) is 12.8 Å². The van der Waals surface area contributed by atoms with Gasteiger partial charge in [-0.2, -0.15) is 0 Å². The molecule has 0 unspecified atom stereocenters. The molecule has 3 rings (SSSR count). The summed E-state index contributed by atoms with van der Waals surface area (Å²) < 4.78 is 2.07. The third-order valence-corrected chi connectivity index (χ3v) is 5.11. The number of rotatable bonds is 7. The van der Waals surface area contributed by atoms with Gasteiger partial charge in [0.15, 0.2) is 5.16 Å². The fourth-order valence-corrected chi connectivity index (χ4v) is 3.56. The van der Waals surface area contributed by atoms with E-state index < -0.39 is 0 Å². The summed E-state index contributed by atoms with van der Waals surface area (Å²) in [6.45, 7) is 3.94. The number of aromatic nitrogens is 2. The van der Waals surface area contributed by atoms with Gasteiger partial charge in [0.25, 0.3) is 0 Å². The smallest absolute Gasteiger partial charge is 0.233 e. The summed E-state index contributed by atoms with van der Waals surface area (Å²) in [5.74, 6) is 1.46. The zero-order valence-electron chi connectivity index (χ0n) is 13.3. The molecular formula is C17H23N3OS. The van der Waals surface area contributed by atoms with Crippen LogP contribution in [-0.2, 0) is 11.8 Å². The highest BCUT2D eigenvalue weighted by atomic mass is 32.2. The molecule has 1 aromatic heterocycles. The van der Waals surface area contributed by atoms with E-state index in [2.05, 4.69) is 22.5 Å². The van der Waals surface area contributed by atoms with Gasteiger partial charge in [0, 0.05) is 20.1 Å². The Morgan fingerprint density at radius 3 is 2.86 bits per heavy atom. The van der Waals surface area contributed by atoms with Gasteiger partial charge in [0.05, 0.1) is 16.8 Å². The second kappa shape index (κ2) is 6.73. The van der Waals surface area contributed by atoms with E-state index in [-0.39, 0.29) is 5.91 Å². The number of hydrogen-bond donors (Lipinski definition) is 0. The number of aryl methyl sites for hydroxylation is 1. The highest BCUT2D eigenvalue weighted by molar-refractivity contribution is 7.99. The van der Waals surface area contributed by atoms with Crippen molar-refractivity contribution in [2.75, 3.05) is 18.8 Å². The molecule has 0 saturated heterocycles. The second-order valence-electron chi connectivity index (χ2n) is 6.01. The molecule has 0 spiro atoms. The zero-order valence-corrected chi connectivity index (χ0v) is 14.1. The Kier molecular flexibility index (Phi) is 4.71. The van der Waals surface area contributed by atoms with E-state index in [9.17, 15) is 4.79 Å². The van der Waals surface area contributed by atoms with Crippen LogP contribution >= 0.6 is 11.8 Å². The van der Waals surface area contributed by atoms with Crippen LogP contribution < -0.4 is 0 Å². The van der Waals surface area contributed by atoms with Gasteiger partial charge in [-0.05, 0) is 37.3 Å². The number of amides is 1. The van der Waals surface area contributed by atoms with Gasteiger partial charge >= 0.3 is 0 Å². The van der Waals surface area contributed by atoms with Gasteiger partial charge in [-0.1, -0.05) is 30.8 Å². The van der Waals surface area contributed by atoms with Crippen molar-refractivity contribution < 1.29 is 4.79 Å². The molecule has 0 atom stereocenters. The molecule has 2 aromatic rings. The van der Waals surface area contributed by atoms with E-state index in [1.807, 2.05) is 30.1 Å². The van der Waals surface area contributed by atoms with Crippen LogP contribution in [0.25, 0.3) is 11.0 Å². The lowest BCUT2D eigenvalue weighted by Crippen LogP contribution is -2.35. The van der Waals surface area contributed by atoms with Gasteiger partial charge in [0.1, 0.15) is 0 Å². The van der Waals surface area contributed by atoms with Crippen LogP contribution in [0.1, 0.15) is 26.2 Å². The minimum absolute atomic E-state index is 0.241. The van der Waals surface area contributed by atoms with E-state index in [4.69, 9.17) is 0 Å². The average molecular weight is 317 g/mol. The first kappa shape index (κ1) is 15.4. The minimum Gasteiger partial charge on any atom is -0.342 e. The highest BCUT2D eigenvalue weighted by Gasteiger charge is 2.26. The number of imidazole rings is 1. The molecule has 118 valence electrons. The van der Waals surface area contributed by atoms with E-state index in [0.29, 0.717) is 5.75 Å². The van der Waals surface area contributed by atoms with Crippen molar-refractivity contribution in [2.45, 2.75) is 31.3 Å². The first-order valence-corrected chi connectivity index (χ1v) is 8.99. The van der Waals surface area contributed by atoms with Crippen LogP contribution in [0.5, 0.6) is 0 Å². The quantitative estimate of drug-likeness (QED) is 0.735. The van der Waals surface area contributed by atoms with Crippen LogP contribution in [0.2, 0.25) is 0 Å². The minimum atomic E-state index is 0.241. The number of hydrogen-bond acceptors (Lipinski definition) is 3. The molecule has 1 saturated carbocycles. The van der Waals surface area contributed by atoms with Gasteiger partial charge in [-0.25, -0.2) is 4.98 Å². The number of benzene rings is 1. The van der Waals surface area contributed by atoms with Crippen LogP contribution in [0, 0.1) is 5.92 Å². The molecule has 1 aliphatic carbocycles. The van der Waals surface area contributed by atoms with Gasteiger partial charge in [0.2, 0.25) is 5.91 Å². The lowest BCUT2D eigenvalue weighted by atomic mass is 10.3. The molecular weight excluding hydrogens is 294 g/mol. The Morgan fingerprint density at radius 2 is 2.18 bits per heavy atom. The van der Waals surface area contributed by atoms with Crippen molar-refractivity contribution in [3.63, 3.8) is 0 Å². The van der Waals surface area contributed by atoms with Crippen LogP contribution in [-0.4, -0.2) is 39.2 Å². The van der Waals surface area contributed by atoms with E-state index >= 15 is 0 Å². The predicted molar refractivity (Wildman–Crippen MR) is 91.0 cm³/mol. The van der Waals surface area contributed by atoms with Crippen molar-refractivity contribution in [1.29, 1.82) is 0 Å². The number of para-hydroxylation sites is 2. The first-order chi connectivity index (χ1) is 10.7. The largest absolute Gasteiger partial charge is 0.342 e. The van der Waals surface area contributed by atoms with Crippen molar-refractivity contribution in [3.8, 4) is 0 Å². The summed E-state index contributed by atoms with van der Waals surface area (Å²) in [6.07, 6.45) is 3.59. The van der Waals surface area contributed by atoms with Crippen LogP contribution in [0.15, 0.2) is 29.4 Å². The Morgan fingerprint density at radius 1 is 1.41 bits per heavy atom. The van der Waals surface area contributed by atoms with Gasteiger partial charge in [-0.3, -0.25) is 4.79 Å². The van der Waals surface area contributed by atoms with Gasteiger partial charge < -0.3 is 9.47 Å². The summed E-state index contributed by atoms with van der Waals surface area (Å²) in [5, 5.41) is 0.914. The Balaban J connectivity index is 1.64. The standard InChI is InChI=1S/C17H23N3OS/c1-3-10-20(11-13-8-9-13)16(21)12-22-17-18-14-6-4-5-7-15(14)19(17)2/h4-7,13H,3,8-12H2,1-2H3. The number of carbonyl (C=O) groups excluding carboxylic acids is 1. The number of nitrogens with zero attached hydrogens (tertiary/aromatic N) is 3. The van der Waals surface area contributed by atoms with Crippen molar-refractivity contribution in [2.24, 2.45) is 13.0 Å². The summed E-state index contributed by atoms with van der Waals surface area (Å²) in [7, 11) is 2.01. The maximum atomic E-state index is 12.5. The highest BCUT2D eigenvalue weighted by Crippen LogP contribution is 2.30. The molecule has 5 heteroatoms. The molecule has 1 heterocycles. The van der Waals surface area contributed by atoms with Crippen molar-refractivity contribution >= 4 is 28.7 Å². The first-order valence-electron chi connectivity index (χ1n) is 8.01. The predicted octanol–water partition coefficient (Wildman–Crippen LogP) is 3.31. The molecule has 0 N–H and O–H groups in total. The van der Waals surface area contributed by atoms with E-state index in [0.717, 1.165) is 41.6 Å². The third kappa shape index (κ3) is 3.46. The summed E-state index contributed by atoms with van der Waals surface area (Å²) >= 11 is 1.54. The maximum absolute atomic E-state index is 12.5. The normalized spacial score (nSPS) is 14.5. The lowest BCUT2D eigenvalue weighted by molar-refractivity contribution is -0.128. The molecule has 1 amide bonds. The molecule has 0 radical (unpaired) electrons. The van der Waals surface area contributed by atoms with E-state index in [1.54, 1.807) is 11.8 Å². The molecule has 1 aliphatic rings. The summed E-state index contributed by atoms with van der Waals surface area (Å²) in [4.78, 5) is 19.1. The fraction of sp³-hybridized carbons (Fsp3) is 0.529. The summed E-state index contributed by atoms with van der Waals surface area (Å²) in [5.41, 5.74) is 2.10. The molecule has 1 fully saturated rings. The molecule has 0 aliphatic heterocycles. The van der Waals surface area contributed by atoms with Crippen molar-refractivity contribution in [1.82, 2.24) is 14.5 Å². The molecule has 4 nitrogen and oxygen atoms in total. The monoisotopic (exact) mass is 317 g/mol. The number of thioether (sulfide) groups is 1. The fourth-order valence-electron chi connectivity index (χ4n) is 2.67. The average Bonchev–Trinajstić information content (AvgIpc) is 3.29. The Labute approximate surface area is 135 Å².